The Bertz CT molecular complexity index is 356. The summed E-state index contributed by atoms with van der Waals surface area (Å²) in [5, 5.41) is 3.06. The first-order valence-corrected chi connectivity index (χ1v) is 8.90. The molecule has 1 N–H and O–H groups in total. The van der Waals surface area contributed by atoms with Crippen LogP contribution in [0.25, 0.3) is 0 Å². The standard InChI is InChI=1S/C13H26N2O2S/c1-14-9-2-3-11-18(16,17)15-10-5-7-12-6-4-8-13(12)15/h12-14H,2-11H2,1H3. The molecular weight excluding hydrogens is 248 g/mol. The van der Waals surface area contributed by atoms with Crippen molar-refractivity contribution in [1.82, 2.24) is 9.62 Å². The Morgan fingerprint density at radius 1 is 1.17 bits per heavy atom. The van der Waals surface area contributed by atoms with Gasteiger partial charge in [-0.1, -0.05) is 6.42 Å². The van der Waals surface area contributed by atoms with E-state index in [1.807, 2.05) is 11.4 Å². The van der Waals surface area contributed by atoms with Gasteiger partial charge in [-0.3, -0.25) is 0 Å². The first-order chi connectivity index (χ1) is 8.65. The second-order valence-electron chi connectivity index (χ2n) is 5.64. The van der Waals surface area contributed by atoms with Crippen molar-refractivity contribution < 1.29 is 8.42 Å². The molecule has 2 unspecified atom stereocenters. The lowest BCUT2D eigenvalue weighted by molar-refractivity contribution is 0.202. The lowest BCUT2D eigenvalue weighted by Gasteiger charge is -2.36. The smallest absolute Gasteiger partial charge is 0.214 e. The minimum atomic E-state index is -3.01. The molecule has 18 heavy (non-hydrogen) atoms. The van der Waals surface area contributed by atoms with Crippen LogP contribution in [0, 0.1) is 5.92 Å². The van der Waals surface area contributed by atoms with Crippen molar-refractivity contribution in [1.29, 1.82) is 0 Å². The first-order valence-electron chi connectivity index (χ1n) is 7.29. The summed E-state index contributed by atoms with van der Waals surface area (Å²) in [6.07, 6.45) is 7.53. The Hall–Kier alpha value is -0.130. The molecule has 2 atom stereocenters. The highest BCUT2D eigenvalue weighted by Crippen LogP contribution is 2.38. The van der Waals surface area contributed by atoms with Crippen molar-refractivity contribution in [3.05, 3.63) is 0 Å². The van der Waals surface area contributed by atoms with Crippen LogP contribution < -0.4 is 5.32 Å². The van der Waals surface area contributed by atoms with Crippen LogP contribution in [-0.4, -0.2) is 44.7 Å². The number of hydrogen-bond acceptors (Lipinski definition) is 3. The summed E-state index contributed by atoms with van der Waals surface area (Å²) in [5.74, 6) is 0.976. The average molecular weight is 274 g/mol. The van der Waals surface area contributed by atoms with Gasteiger partial charge in [0.2, 0.25) is 10.0 Å². The zero-order chi connectivity index (χ0) is 13.0. The Balaban J connectivity index is 1.91. The van der Waals surface area contributed by atoms with Gasteiger partial charge >= 0.3 is 0 Å². The maximum Gasteiger partial charge on any atom is 0.214 e. The van der Waals surface area contributed by atoms with Crippen LogP contribution in [0.2, 0.25) is 0 Å². The molecule has 2 fully saturated rings. The molecule has 0 bridgehead atoms. The second kappa shape index (κ2) is 6.35. The van der Waals surface area contributed by atoms with Crippen molar-refractivity contribution in [3.63, 3.8) is 0 Å². The third-order valence-electron chi connectivity index (χ3n) is 4.38. The van der Waals surface area contributed by atoms with E-state index >= 15 is 0 Å². The number of nitrogens with zero attached hydrogens (tertiary/aromatic N) is 1. The normalized spacial score (nSPS) is 29.4. The van der Waals surface area contributed by atoms with E-state index in [1.54, 1.807) is 0 Å². The minimum absolute atomic E-state index is 0.327. The first kappa shape index (κ1) is 14.3. The van der Waals surface area contributed by atoms with Crippen LogP contribution in [0.15, 0.2) is 0 Å². The molecule has 106 valence electrons. The lowest BCUT2D eigenvalue weighted by Crippen LogP contribution is -2.47. The molecule has 5 heteroatoms. The highest BCUT2D eigenvalue weighted by molar-refractivity contribution is 7.89. The highest BCUT2D eigenvalue weighted by Gasteiger charge is 2.40. The van der Waals surface area contributed by atoms with Gasteiger partial charge < -0.3 is 5.32 Å². The minimum Gasteiger partial charge on any atom is -0.320 e. The van der Waals surface area contributed by atoms with Crippen molar-refractivity contribution in [3.8, 4) is 0 Å². The molecule has 1 aliphatic heterocycles. The van der Waals surface area contributed by atoms with Gasteiger partial charge in [-0.2, -0.15) is 4.31 Å². The molecular formula is C13H26N2O2S. The van der Waals surface area contributed by atoms with Gasteiger partial charge in [0, 0.05) is 12.6 Å². The third-order valence-corrected chi connectivity index (χ3v) is 6.35. The number of unbranched alkanes of at least 4 members (excludes halogenated alkanes) is 1. The highest BCUT2D eigenvalue weighted by atomic mass is 32.2. The van der Waals surface area contributed by atoms with Crippen molar-refractivity contribution in [2.24, 2.45) is 5.92 Å². The van der Waals surface area contributed by atoms with E-state index in [4.69, 9.17) is 0 Å². The average Bonchev–Trinajstić information content (AvgIpc) is 2.82. The maximum atomic E-state index is 12.4. The summed E-state index contributed by atoms with van der Waals surface area (Å²) in [6.45, 7) is 1.66. The predicted molar refractivity (Wildman–Crippen MR) is 74.0 cm³/mol. The molecule has 0 aromatic heterocycles. The van der Waals surface area contributed by atoms with E-state index in [0.717, 1.165) is 38.8 Å². The van der Waals surface area contributed by atoms with Crippen LogP contribution in [-0.2, 0) is 10.0 Å². The zero-order valence-corrected chi connectivity index (χ0v) is 12.2. The van der Waals surface area contributed by atoms with Gasteiger partial charge in [-0.05, 0) is 58.0 Å². The fourth-order valence-corrected chi connectivity index (χ4v) is 5.36. The van der Waals surface area contributed by atoms with Gasteiger partial charge in [-0.15, -0.1) is 0 Å². The van der Waals surface area contributed by atoms with Crippen molar-refractivity contribution >= 4 is 10.0 Å². The Kier molecular flexibility index (Phi) is 5.04. The van der Waals surface area contributed by atoms with Crippen molar-refractivity contribution in [2.45, 2.75) is 51.0 Å². The van der Waals surface area contributed by atoms with Crippen LogP contribution in [0.3, 0.4) is 0 Å². The maximum absolute atomic E-state index is 12.4. The van der Waals surface area contributed by atoms with E-state index < -0.39 is 10.0 Å². The van der Waals surface area contributed by atoms with E-state index in [9.17, 15) is 8.42 Å². The number of fused-ring (bicyclic) bond motifs is 1. The summed E-state index contributed by atoms with van der Waals surface area (Å²) in [7, 11) is -1.11. The van der Waals surface area contributed by atoms with Gasteiger partial charge in [0.1, 0.15) is 0 Å². The second-order valence-corrected chi connectivity index (χ2v) is 7.68. The molecule has 1 heterocycles. The number of rotatable bonds is 6. The quantitative estimate of drug-likeness (QED) is 0.748. The summed E-state index contributed by atoms with van der Waals surface area (Å²) in [4.78, 5) is 0. The predicted octanol–water partition coefficient (Wildman–Crippen LogP) is 1.58. The molecule has 1 saturated heterocycles. The summed E-state index contributed by atoms with van der Waals surface area (Å²) >= 11 is 0. The van der Waals surface area contributed by atoms with Gasteiger partial charge in [0.25, 0.3) is 0 Å². The zero-order valence-electron chi connectivity index (χ0n) is 11.4. The molecule has 0 amide bonds. The van der Waals surface area contributed by atoms with Crippen LogP contribution in [0.1, 0.15) is 44.9 Å². The Morgan fingerprint density at radius 2 is 1.94 bits per heavy atom. The molecule has 2 aliphatic rings. The molecule has 0 radical (unpaired) electrons. The van der Waals surface area contributed by atoms with Gasteiger partial charge in [-0.25, -0.2) is 8.42 Å². The van der Waals surface area contributed by atoms with E-state index in [0.29, 0.717) is 17.7 Å². The molecule has 1 aliphatic carbocycles. The Morgan fingerprint density at radius 3 is 2.72 bits per heavy atom. The van der Waals surface area contributed by atoms with Crippen molar-refractivity contribution in [2.75, 3.05) is 25.9 Å². The molecule has 0 aromatic rings. The lowest BCUT2D eigenvalue weighted by atomic mass is 9.94. The van der Waals surface area contributed by atoms with Gasteiger partial charge in [0.15, 0.2) is 0 Å². The van der Waals surface area contributed by atoms with Crippen LogP contribution in [0.5, 0.6) is 0 Å². The summed E-state index contributed by atoms with van der Waals surface area (Å²) in [6, 6.07) is 0.327. The fraction of sp³-hybridized carbons (Fsp3) is 1.00. The third kappa shape index (κ3) is 3.25. The van der Waals surface area contributed by atoms with E-state index in [1.165, 1.54) is 19.3 Å². The monoisotopic (exact) mass is 274 g/mol. The molecule has 0 aromatic carbocycles. The van der Waals surface area contributed by atoms with Gasteiger partial charge in [0.05, 0.1) is 5.75 Å². The summed E-state index contributed by atoms with van der Waals surface area (Å²) < 4.78 is 26.6. The Labute approximate surface area is 111 Å². The SMILES string of the molecule is CNCCCCS(=O)(=O)N1CCCC2CCCC21. The largest absolute Gasteiger partial charge is 0.320 e. The molecule has 2 rings (SSSR count). The number of piperidine rings is 1. The summed E-state index contributed by atoms with van der Waals surface area (Å²) in [5.41, 5.74) is 0. The molecule has 0 spiro atoms. The fourth-order valence-electron chi connectivity index (χ4n) is 3.46. The van der Waals surface area contributed by atoms with Crippen LogP contribution in [0.4, 0.5) is 0 Å². The molecule has 1 saturated carbocycles. The molecule has 4 nitrogen and oxygen atoms in total. The number of hydrogen-bond donors (Lipinski definition) is 1. The van der Waals surface area contributed by atoms with E-state index in [2.05, 4.69) is 5.32 Å². The topological polar surface area (TPSA) is 49.4 Å². The van der Waals surface area contributed by atoms with E-state index in [-0.39, 0.29) is 0 Å². The number of nitrogens with one attached hydrogen (secondary N) is 1. The number of sulfonamides is 1. The van der Waals surface area contributed by atoms with Crippen LogP contribution >= 0.6 is 0 Å².